The van der Waals surface area contributed by atoms with Crippen LogP contribution in [0.25, 0.3) is 10.7 Å². The van der Waals surface area contributed by atoms with Crippen LogP contribution in [-0.2, 0) is 6.54 Å². The lowest BCUT2D eigenvalue weighted by atomic mass is 10.3. The topological polar surface area (TPSA) is 37.8 Å². The number of aromatic nitrogens is 2. The molecule has 0 aromatic carbocycles. The first-order valence-electron chi connectivity index (χ1n) is 6.03. The zero-order chi connectivity index (χ0) is 12.5. The molecule has 0 amide bonds. The van der Waals surface area contributed by atoms with Crippen LogP contribution in [0.5, 0.6) is 0 Å². The Labute approximate surface area is 119 Å². The Balaban J connectivity index is 1.84. The lowest BCUT2D eigenvalue weighted by Gasteiger charge is -2.05. The van der Waals surface area contributed by atoms with Gasteiger partial charge in [0.15, 0.2) is 5.82 Å². The number of hydrogen-bond donors (Lipinski definition) is 1. The number of hydrogen-bond acceptors (Lipinski definition) is 4. The van der Waals surface area contributed by atoms with Crippen LogP contribution >= 0.6 is 27.3 Å². The van der Waals surface area contributed by atoms with Gasteiger partial charge in [0, 0.05) is 28.1 Å². The maximum atomic E-state index is 4.63. The Kier molecular flexibility index (Phi) is 3.46. The van der Waals surface area contributed by atoms with Gasteiger partial charge in [-0.1, -0.05) is 0 Å². The van der Waals surface area contributed by atoms with Crippen molar-refractivity contribution in [1.82, 2.24) is 15.3 Å². The summed E-state index contributed by atoms with van der Waals surface area (Å²) in [5.74, 6) is 0.832. The smallest absolute Gasteiger partial charge is 0.169 e. The van der Waals surface area contributed by atoms with Gasteiger partial charge in [0.2, 0.25) is 0 Å². The van der Waals surface area contributed by atoms with E-state index in [9.17, 15) is 0 Å². The summed E-state index contributed by atoms with van der Waals surface area (Å²) in [6, 6.07) is 4.83. The lowest BCUT2D eigenvalue weighted by molar-refractivity contribution is 0.672. The first-order valence-corrected chi connectivity index (χ1v) is 7.70. The molecular weight excluding hydrogens is 310 g/mol. The Morgan fingerprint density at radius 2 is 2.22 bits per heavy atom. The molecule has 0 unspecified atom stereocenters. The molecule has 0 bridgehead atoms. The molecule has 18 heavy (non-hydrogen) atoms. The summed E-state index contributed by atoms with van der Waals surface area (Å²) in [5.41, 5.74) is 2.10. The first kappa shape index (κ1) is 12.3. The van der Waals surface area contributed by atoms with Gasteiger partial charge >= 0.3 is 0 Å². The van der Waals surface area contributed by atoms with Crippen LogP contribution in [0, 0.1) is 6.92 Å². The van der Waals surface area contributed by atoms with E-state index < -0.39 is 0 Å². The fourth-order valence-corrected chi connectivity index (χ4v) is 3.16. The van der Waals surface area contributed by atoms with Crippen molar-refractivity contribution in [2.24, 2.45) is 0 Å². The molecule has 0 spiro atoms. The fraction of sp³-hybridized carbons (Fsp3) is 0.385. The van der Waals surface area contributed by atoms with Crippen molar-refractivity contribution in [2.45, 2.75) is 32.4 Å². The molecule has 1 aliphatic carbocycles. The van der Waals surface area contributed by atoms with Gasteiger partial charge in [-0.2, -0.15) is 0 Å². The number of thiophene rings is 1. The van der Waals surface area contributed by atoms with E-state index in [1.54, 1.807) is 11.3 Å². The molecule has 3 rings (SSSR count). The van der Waals surface area contributed by atoms with E-state index in [4.69, 9.17) is 0 Å². The largest absolute Gasteiger partial charge is 0.308 e. The number of halogens is 1. The number of nitrogens with zero attached hydrogens (tertiary/aromatic N) is 2. The highest BCUT2D eigenvalue weighted by atomic mass is 79.9. The van der Waals surface area contributed by atoms with E-state index in [1.165, 1.54) is 12.8 Å². The average Bonchev–Trinajstić information content (AvgIpc) is 3.07. The highest BCUT2D eigenvalue weighted by Crippen LogP contribution is 2.27. The second-order valence-electron chi connectivity index (χ2n) is 4.61. The molecule has 0 aliphatic heterocycles. The quantitative estimate of drug-likeness (QED) is 0.935. The third-order valence-electron chi connectivity index (χ3n) is 2.84. The van der Waals surface area contributed by atoms with Crippen LogP contribution in [0.3, 0.4) is 0 Å². The minimum atomic E-state index is 0.708. The Morgan fingerprint density at radius 1 is 1.39 bits per heavy atom. The van der Waals surface area contributed by atoms with Crippen molar-refractivity contribution in [3.8, 4) is 10.7 Å². The number of aryl methyl sites for hydroxylation is 1. The van der Waals surface area contributed by atoms with Crippen LogP contribution in [0.2, 0.25) is 0 Å². The van der Waals surface area contributed by atoms with Crippen LogP contribution in [0.4, 0.5) is 0 Å². The van der Waals surface area contributed by atoms with Crippen LogP contribution in [0.15, 0.2) is 22.0 Å². The third-order valence-corrected chi connectivity index (χ3v) is 4.53. The highest BCUT2D eigenvalue weighted by molar-refractivity contribution is 9.10. The molecule has 3 nitrogen and oxygen atoms in total. The van der Waals surface area contributed by atoms with Crippen molar-refractivity contribution in [2.75, 3.05) is 0 Å². The summed E-state index contributed by atoms with van der Waals surface area (Å²) in [5, 5.41) is 5.55. The maximum Gasteiger partial charge on any atom is 0.169 e. The lowest BCUT2D eigenvalue weighted by Crippen LogP contribution is -2.16. The summed E-state index contributed by atoms with van der Waals surface area (Å²) in [6.45, 7) is 2.86. The van der Waals surface area contributed by atoms with Gasteiger partial charge in [-0.15, -0.1) is 11.3 Å². The monoisotopic (exact) mass is 323 g/mol. The predicted octanol–water partition coefficient (Wildman–Crippen LogP) is 3.53. The predicted molar refractivity (Wildman–Crippen MR) is 77.6 cm³/mol. The normalized spacial score (nSPS) is 15.0. The van der Waals surface area contributed by atoms with E-state index in [0.29, 0.717) is 6.04 Å². The van der Waals surface area contributed by atoms with E-state index >= 15 is 0 Å². The summed E-state index contributed by atoms with van der Waals surface area (Å²) < 4.78 is 1.09. The Bertz CT molecular complexity index is 563. The van der Waals surface area contributed by atoms with E-state index in [2.05, 4.69) is 48.7 Å². The molecule has 1 saturated carbocycles. The molecule has 0 saturated heterocycles. The highest BCUT2D eigenvalue weighted by Gasteiger charge is 2.20. The number of rotatable bonds is 4. The molecule has 2 aromatic rings. The standard InChI is InChI=1S/C13H14BrN3S/c1-8-4-11(6-15-10-2-3-10)17-13(16-8)12-5-9(14)7-18-12/h4-5,7,10,15H,2-3,6H2,1H3. The van der Waals surface area contributed by atoms with Gasteiger partial charge in [-0.05, 0) is 47.8 Å². The first-order chi connectivity index (χ1) is 8.70. The molecule has 1 N–H and O–H groups in total. The zero-order valence-corrected chi connectivity index (χ0v) is 12.5. The molecule has 5 heteroatoms. The average molecular weight is 324 g/mol. The van der Waals surface area contributed by atoms with Crippen LogP contribution in [-0.4, -0.2) is 16.0 Å². The second-order valence-corrected chi connectivity index (χ2v) is 6.44. The van der Waals surface area contributed by atoms with Crippen molar-refractivity contribution in [1.29, 1.82) is 0 Å². The molecule has 94 valence electrons. The van der Waals surface area contributed by atoms with Gasteiger partial charge in [0.05, 0.1) is 10.6 Å². The van der Waals surface area contributed by atoms with Crippen molar-refractivity contribution < 1.29 is 0 Å². The van der Waals surface area contributed by atoms with Crippen molar-refractivity contribution in [3.63, 3.8) is 0 Å². The fourth-order valence-electron chi connectivity index (χ4n) is 1.80. The Hall–Kier alpha value is -0.780. The van der Waals surface area contributed by atoms with Gasteiger partial charge in [0.25, 0.3) is 0 Å². The molecule has 2 heterocycles. The van der Waals surface area contributed by atoms with E-state index in [0.717, 1.165) is 33.1 Å². The van der Waals surface area contributed by atoms with Crippen LogP contribution < -0.4 is 5.32 Å². The molecule has 2 aromatic heterocycles. The van der Waals surface area contributed by atoms with Gasteiger partial charge < -0.3 is 5.32 Å². The van der Waals surface area contributed by atoms with Crippen molar-refractivity contribution in [3.05, 3.63) is 33.4 Å². The SMILES string of the molecule is Cc1cc(CNC2CC2)nc(-c2cc(Br)cs2)n1. The van der Waals surface area contributed by atoms with Crippen LogP contribution in [0.1, 0.15) is 24.2 Å². The summed E-state index contributed by atoms with van der Waals surface area (Å²) in [6.07, 6.45) is 2.60. The zero-order valence-electron chi connectivity index (χ0n) is 10.1. The minimum Gasteiger partial charge on any atom is -0.308 e. The second kappa shape index (κ2) is 5.07. The molecule has 1 aliphatic rings. The summed E-state index contributed by atoms with van der Waals surface area (Å²) in [7, 11) is 0. The maximum absolute atomic E-state index is 4.63. The summed E-state index contributed by atoms with van der Waals surface area (Å²) >= 11 is 5.13. The van der Waals surface area contributed by atoms with E-state index in [1.807, 2.05) is 6.92 Å². The summed E-state index contributed by atoms with van der Waals surface area (Å²) in [4.78, 5) is 10.3. The van der Waals surface area contributed by atoms with E-state index in [-0.39, 0.29) is 0 Å². The minimum absolute atomic E-state index is 0.708. The molecule has 0 radical (unpaired) electrons. The third kappa shape index (κ3) is 2.96. The number of nitrogens with one attached hydrogen (secondary N) is 1. The molecule has 0 atom stereocenters. The Morgan fingerprint density at radius 3 is 2.89 bits per heavy atom. The van der Waals surface area contributed by atoms with Gasteiger partial charge in [-0.25, -0.2) is 9.97 Å². The molecular formula is C13H14BrN3S. The van der Waals surface area contributed by atoms with Gasteiger partial charge in [-0.3, -0.25) is 0 Å². The molecule has 1 fully saturated rings. The van der Waals surface area contributed by atoms with Crippen molar-refractivity contribution >= 4 is 27.3 Å². The van der Waals surface area contributed by atoms with Gasteiger partial charge in [0.1, 0.15) is 0 Å².